The fourth-order valence-corrected chi connectivity index (χ4v) is 7.17. The van der Waals surface area contributed by atoms with Gasteiger partial charge >= 0.3 is 5.97 Å². The van der Waals surface area contributed by atoms with Gasteiger partial charge in [-0.3, -0.25) is 19.2 Å². The van der Waals surface area contributed by atoms with Gasteiger partial charge in [0.15, 0.2) is 0 Å². The molecule has 0 aliphatic heterocycles. The van der Waals surface area contributed by atoms with Crippen LogP contribution in [-0.4, -0.2) is 70.0 Å². The van der Waals surface area contributed by atoms with Crippen molar-refractivity contribution >= 4 is 40.7 Å². The molecule has 5 atom stereocenters. The first-order valence-corrected chi connectivity index (χ1v) is 19.6. The van der Waals surface area contributed by atoms with Crippen LogP contribution in [0.2, 0.25) is 0 Å². The third-order valence-electron chi connectivity index (χ3n) is 9.61. The van der Waals surface area contributed by atoms with Crippen LogP contribution in [0.4, 0.5) is 10.1 Å². The topological polar surface area (TPSA) is 164 Å². The van der Waals surface area contributed by atoms with Gasteiger partial charge in [0.1, 0.15) is 28.7 Å². The van der Waals surface area contributed by atoms with Crippen molar-refractivity contribution in [2.45, 2.75) is 138 Å². The maximum absolute atomic E-state index is 14.3. The Bertz CT molecular complexity index is 1470. The van der Waals surface area contributed by atoms with Crippen LogP contribution in [0.3, 0.4) is 0 Å². The summed E-state index contributed by atoms with van der Waals surface area (Å²) in [5.41, 5.74) is 5.20. The van der Waals surface area contributed by atoms with E-state index in [1.54, 1.807) is 25.3 Å². The summed E-state index contributed by atoms with van der Waals surface area (Å²) in [6.45, 7) is 17.7. The van der Waals surface area contributed by atoms with E-state index in [0.717, 1.165) is 32.1 Å². The van der Waals surface area contributed by atoms with E-state index in [4.69, 9.17) is 15.5 Å². The van der Waals surface area contributed by atoms with Gasteiger partial charge in [0.25, 0.3) is 5.91 Å². The van der Waals surface area contributed by atoms with Crippen molar-refractivity contribution in [2.75, 3.05) is 18.9 Å². The molecule has 13 heteroatoms. The van der Waals surface area contributed by atoms with Crippen LogP contribution in [0.5, 0.6) is 0 Å². The second-order valence-electron chi connectivity index (χ2n) is 14.8. The summed E-state index contributed by atoms with van der Waals surface area (Å²) >= 11 is 1.29. The van der Waals surface area contributed by atoms with Gasteiger partial charge in [0.2, 0.25) is 11.8 Å². The number of hydrogen-bond donors (Lipinski definition) is 4. The second-order valence-corrected chi connectivity index (χ2v) is 15.7. The lowest BCUT2D eigenvalue weighted by Gasteiger charge is -2.39. The lowest BCUT2D eigenvalue weighted by Crippen LogP contribution is -2.55. The number of ether oxygens (including phenoxy) is 1. The normalized spacial score (nSPS) is 14.7. The van der Waals surface area contributed by atoms with Crippen LogP contribution in [0, 0.1) is 23.1 Å². The number of thiazole rings is 1. The number of carboxylic acid groups (broad SMARTS) is 1. The Kier molecular flexibility index (Phi) is 18.2. The SMILES string of the molecule is CCCCCCN(C(=O)[C@@H](NC(C)=O)[C@@H](C)CC)[C@H](C[C@@H](OCC)c1nc(C(=O)N[C@@H](Cc2ccc(N)c(F)c2)CC(C)(C)C(=O)O)cs1)C(C)C. The van der Waals surface area contributed by atoms with Gasteiger partial charge in [0.05, 0.1) is 11.1 Å². The number of carboxylic acids is 1. The molecule has 0 saturated heterocycles. The number of anilines is 1. The molecule has 1 aromatic carbocycles. The first-order chi connectivity index (χ1) is 24.4. The number of carbonyl (C=O) groups is 4. The molecule has 0 fully saturated rings. The van der Waals surface area contributed by atoms with Gasteiger partial charge < -0.3 is 31.1 Å². The van der Waals surface area contributed by atoms with E-state index in [1.165, 1.54) is 30.4 Å². The molecule has 0 saturated carbocycles. The van der Waals surface area contributed by atoms with Crippen LogP contribution in [0.15, 0.2) is 23.6 Å². The average molecular weight is 748 g/mol. The molecule has 11 nitrogen and oxygen atoms in total. The van der Waals surface area contributed by atoms with Gasteiger partial charge in [-0.1, -0.05) is 66.4 Å². The molecule has 1 aromatic heterocycles. The number of halogens is 1. The summed E-state index contributed by atoms with van der Waals surface area (Å²) in [5.74, 6) is -2.46. The molecule has 52 heavy (non-hydrogen) atoms. The molecular weight excluding hydrogens is 686 g/mol. The number of nitrogens with zero attached hydrogens (tertiary/aromatic N) is 2. The Labute approximate surface area is 313 Å². The summed E-state index contributed by atoms with van der Waals surface area (Å²) in [5, 5.41) is 17.9. The molecule has 1 heterocycles. The Morgan fingerprint density at radius 2 is 1.77 bits per heavy atom. The molecule has 0 bridgehead atoms. The fourth-order valence-electron chi connectivity index (χ4n) is 6.31. The zero-order chi connectivity index (χ0) is 39.2. The maximum atomic E-state index is 14.3. The number of hydrogen-bond acceptors (Lipinski definition) is 8. The third-order valence-corrected chi connectivity index (χ3v) is 10.6. The van der Waals surface area contributed by atoms with Crippen molar-refractivity contribution in [3.63, 3.8) is 0 Å². The number of aromatic nitrogens is 1. The van der Waals surface area contributed by atoms with Gasteiger partial charge in [-0.15, -0.1) is 11.3 Å². The Hall–Kier alpha value is -3.58. The molecular formula is C39H62FN5O6S. The zero-order valence-electron chi connectivity index (χ0n) is 32.6. The van der Waals surface area contributed by atoms with Gasteiger partial charge in [-0.25, -0.2) is 9.37 Å². The quantitative estimate of drug-likeness (QED) is 0.0688. The highest BCUT2D eigenvalue weighted by Crippen LogP contribution is 2.32. The van der Waals surface area contributed by atoms with Crippen molar-refractivity contribution in [1.82, 2.24) is 20.5 Å². The molecule has 3 amide bonds. The van der Waals surface area contributed by atoms with Crippen molar-refractivity contribution in [3.05, 3.63) is 45.7 Å². The molecule has 2 rings (SSSR count). The molecule has 0 aliphatic carbocycles. The van der Waals surface area contributed by atoms with Crippen LogP contribution in [0.25, 0.3) is 0 Å². The number of nitrogens with one attached hydrogen (secondary N) is 2. The minimum atomic E-state index is -1.17. The van der Waals surface area contributed by atoms with E-state index in [0.29, 0.717) is 30.1 Å². The molecule has 2 aromatic rings. The molecule has 5 N–H and O–H groups in total. The maximum Gasteiger partial charge on any atom is 0.309 e. The summed E-state index contributed by atoms with van der Waals surface area (Å²) in [7, 11) is 0. The Morgan fingerprint density at radius 1 is 1.08 bits per heavy atom. The molecule has 0 unspecified atom stereocenters. The van der Waals surface area contributed by atoms with E-state index in [1.807, 2.05) is 25.7 Å². The minimum Gasteiger partial charge on any atom is -0.481 e. The predicted octanol–water partition coefficient (Wildman–Crippen LogP) is 7.16. The zero-order valence-corrected chi connectivity index (χ0v) is 33.4. The van der Waals surface area contributed by atoms with Crippen molar-refractivity contribution in [2.24, 2.45) is 17.3 Å². The predicted molar refractivity (Wildman–Crippen MR) is 204 cm³/mol. The number of nitrogen functional groups attached to an aromatic ring is 1. The standard InChI is InChI=1S/C39H62FN5O6S/c1-10-13-14-15-18-45(37(48)34(25(6)11-2)42-26(7)46)32(24(4)5)21-33(51-12-3)36-44-31(23-52-36)35(47)43-28(22-39(8,9)38(49)50)19-27-16-17-30(41)29(40)20-27/h16-17,20,23-25,28,32-34H,10-15,18-19,21-22,41H2,1-9H3,(H,42,46)(H,43,47)(H,49,50)/t25-,28-,32+,33+,34-/m0/s1. The highest BCUT2D eigenvalue weighted by Gasteiger charge is 2.37. The minimum absolute atomic E-state index is 0.000745. The highest BCUT2D eigenvalue weighted by atomic mass is 32.1. The summed E-state index contributed by atoms with van der Waals surface area (Å²) in [4.78, 5) is 58.8. The number of aliphatic carboxylic acids is 1. The third kappa shape index (κ3) is 13.4. The Balaban J connectivity index is 2.42. The van der Waals surface area contributed by atoms with Crippen molar-refractivity contribution in [3.8, 4) is 0 Å². The largest absolute Gasteiger partial charge is 0.481 e. The van der Waals surface area contributed by atoms with Gasteiger partial charge in [-0.05, 0) is 69.6 Å². The number of benzene rings is 1. The number of rotatable bonds is 23. The highest BCUT2D eigenvalue weighted by molar-refractivity contribution is 7.09. The summed E-state index contributed by atoms with van der Waals surface area (Å²) in [6, 6.07) is 2.86. The molecule has 0 radical (unpaired) electrons. The monoisotopic (exact) mass is 747 g/mol. The Morgan fingerprint density at radius 3 is 2.33 bits per heavy atom. The van der Waals surface area contributed by atoms with Crippen LogP contribution < -0.4 is 16.4 Å². The molecule has 0 spiro atoms. The number of carbonyl (C=O) groups excluding carboxylic acids is 3. The first kappa shape index (κ1) is 44.6. The van der Waals surface area contributed by atoms with Gasteiger partial charge in [-0.2, -0.15) is 0 Å². The number of amides is 3. The first-order valence-electron chi connectivity index (χ1n) is 18.7. The molecule has 292 valence electrons. The van der Waals surface area contributed by atoms with Crippen LogP contribution >= 0.6 is 11.3 Å². The lowest BCUT2D eigenvalue weighted by molar-refractivity contribution is -0.147. The summed E-state index contributed by atoms with van der Waals surface area (Å²) in [6.07, 6.45) is 4.86. The second kappa shape index (κ2) is 21.2. The van der Waals surface area contributed by atoms with Crippen LogP contribution in [0.1, 0.15) is 134 Å². The smallest absolute Gasteiger partial charge is 0.309 e. The average Bonchev–Trinajstić information content (AvgIpc) is 3.57. The van der Waals surface area contributed by atoms with Gasteiger partial charge in [0, 0.05) is 44.0 Å². The number of nitrogens with two attached hydrogens (primary N) is 1. The lowest BCUT2D eigenvalue weighted by atomic mass is 9.84. The summed E-state index contributed by atoms with van der Waals surface area (Å²) < 4.78 is 20.5. The molecule has 0 aliphatic rings. The van der Waals surface area contributed by atoms with E-state index < -0.39 is 41.3 Å². The van der Waals surface area contributed by atoms with E-state index in [2.05, 4.69) is 31.4 Å². The number of unbranched alkanes of at least 4 members (excludes halogenated alkanes) is 3. The van der Waals surface area contributed by atoms with Crippen LogP contribution in [-0.2, 0) is 25.5 Å². The van der Waals surface area contributed by atoms with E-state index in [-0.39, 0.29) is 53.9 Å². The van der Waals surface area contributed by atoms with Crippen molar-refractivity contribution in [1.29, 1.82) is 0 Å². The van der Waals surface area contributed by atoms with E-state index in [9.17, 15) is 28.7 Å². The van der Waals surface area contributed by atoms with Crippen molar-refractivity contribution < 1.29 is 33.4 Å². The fraction of sp³-hybridized carbons (Fsp3) is 0.667. The van der Waals surface area contributed by atoms with E-state index >= 15 is 0 Å².